The molecule has 27 heavy (non-hydrogen) atoms. The van der Waals surface area contributed by atoms with Gasteiger partial charge in [-0.3, -0.25) is 4.79 Å². The number of anilines is 1. The van der Waals surface area contributed by atoms with E-state index in [2.05, 4.69) is 26.3 Å². The Kier molecular flexibility index (Phi) is 5.20. The summed E-state index contributed by atoms with van der Waals surface area (Å²) in [6.45, 7) is 3.83. The molecule has 1 aromatic heterocycles. The van der Waals surface area contributed by atoms with E-state index in [1.807, 2.05) is 18.2 Å². The molecule has 1 fully saturated rings. The molecule has 7 heteroatoms. The number of rotatable bonds is 5. The van der Waals surface area contributed by atoms with Crippen molar-refractivity contribution in [2.75, 3.05) is 31.5 Å². The van der Waals surface area contributed by atoms with Crippen molar-refractivity contribution < 1.29 is 9.53 Å². The molecule has 7 nitrogen and oxygen atoms in total. The molecule has 1 unspecified atom stereocenters. The minimum atomic E-state index is -0.188. The van der Waals surface area contributed by atoms with Gasteiger partial charge in [-0.15, -0.1) is 0 Å². The van der Waals surface area contributed by atoms with E-state index in [-0.39, 0.29) is 11.8 Å². The number of amides is 1. The Labute approximate surface area is 158 Å². The first-order chi connectivity index (χ1) is 13.2. The molecule has 0 spiro atoms. The number of carbonyl (C=O) groups excluding carboxylic acids is 1. The van der Waals surface area contributed by atoms with Crippen LogP contribution in [0.25, 0.3) is 0 Å². The number of likely N-dealkylation sites (tertiary alicyclic amines) is 1. The van der Waals surface area contributed by atoms with Gasteiger partial charge in [-0.05, 0) is 31.0 Å². The molecular formula is C20H25N5O2. The number of primary amides is 1. The van der Waals surface area contributed by atoms with Gasteiger partial charge in [0.1, 0.15) is 24.5 Å². The van der Waals surface area contributed by atoms with Gasteiger partial charge in [0.2, 0.25) is 5.91 Å². The molecule has 0 bridgehead atoms. The molecule has 2 aromatic rings. The fourth-order valence-corrected chi connectivity index (χ4v) is 3.86. The van der Waals surface area contributed by atoms with Gasteiger partial charge in [0.05, 0.1) is 11.6 Å². The Bertz CT molecular complexity index is 826. The molecule has 0 saturated carbocycles. The van der Waals surface area contributed by atoms with Crippen LogP contribution >= 0.6 is 0 Å². The predicted molar refractivity (Wildman–Crippen MR) is 102 cm³/mol. The first-order valence-corrected chi connectivity index (χ1v) is 9.49. The molecule has 1 atom stereocenters. The van der Waals surface area contributed by atoms with Crippen LogP contribution in [0.4, 0.5) is 5.82 Å². The second-order valence-electron chi connectivity index (χ2n) is 7.19. The van der Waals surface area contributed by atoms with Crippen LogP contribution in [-0.4, -0.2) is 47.0 Å². The molecular weight excluding hydrogens is 342 g/mol. The highest BCUT2D eigenvalue weighted by Crippen LogP contribution is 2.30. The molecule has 3 N–H and O–H groups in total. The van der Waals surface area contributed by atoms with Crippen LogP contribution in [0.3, 0.4) is 0 Å². The van der Waals surface area contributed by atoms with Crippen molar-refractivity contribution in [3.05, 3.63) is 47.4 Å². The summed E-state index contributed by atoms with van der Waals surface area (Å²) in [5.74, 6) is 1.56. The van der Waals surface area contributed by atoms with E-state index in [1.165, 1.54) is 0 Å². The third-order valence-corrected chi connectivity index (χ3v) is 5.37. The number of hydrogen-bond donors (Lipinski definition) is 2. The Hall–Kier alpha value is -2.67. The standard InChI is InChI=1S/C20H25N5O2/c21-19(26)15-5-3-8-25(11-15)9-7-22-20-16-10-14-4-1-2-6-18(14)27-12-17(16)23-13-24-20/h1-2,4,6,13,15H,3,5,7-12H2,(H2,21,26)(H,22,23,24). The highest BCUT2D eigenvalue weighted by atomic mass is 16.5. The summed E-state index contributed by atoms with van der Waals surface area (Å²) in [6, 6.07) is 8.08. The second-order valence-corrected chi connectivity index (χ2v) is 7.19. The number of fused-ring (bicyclic) bond motifs is 2. The van der Waals surface area contributed by atoms with Crippen molar-refractivity contribution in [3.63, 3.8) is 0 Å². The highest BCUT2D eigenvalue weighted by Gasteiger charge is 2.24. The lowest BCUT2D eigenvalue weighted by Crippen LogP contribution is -2.42. The Balaban J connectivity index is 1.42. The largest absolute Gasteiger partial charge is 0.487 e. The summed E-state index contributed by atoms with van der Waals surface area (Å²) in [7, 11) is 0. The number of hydrogen-bond acceptors (Lipinski definition) is 6. The van der Waals surface area contributed by atoms with Gasteiger partial charge >= 0.3 is 0 Å². The van der Waals surface area contributed by atoms with Crippen LogP contribution in [0.1, 0.15) is 29.7 Å². The molecule has 1 saturated heterocycles. The van der Waals surface area contributed by atoms with Crippen LogP contribution in [-0.2, 0) is 17.8 Å². The van der Waals surface area contributed by atoms with E-state index in [0.29, 0.717) is 6.61 Å². The van der Waals surface area contributed by atoms with E-state index in [0.717, 1.165) is 73.8 Å². The first kappa shape index (κ1) is 17.7. The first-order valence-electron chi connectivity index (χ1n) is 9.49. The van der Waals surface area contributed by atoms with Crippen molar-refractivity contribution >= 4 is 11.7 Å². The summed E-state index contributed by atoms with van der Waals surface area (Å²) in [5, 5.41) is 3.46. The molecule has 2 aliphatic rings. The zero-order chi connectivity index (χ0) is 18.6. The number of ether oxygens (including phenoxy) is 1. The molecule has 4 rings (SSSR count). The molecule has 0 radical (unpaired) electrons. The van der Waals surface area contributed by atoms with Gasteiger partial charge in [0.15, 0.2) is 0 Å². The van der Waals surface area contributed by atoms with Gasteiger partial charge < -0.3 is 20.7 Å². The maximum Gasteiger partial charge on any atom is 0.221 e. The van der Waals surface area contributed by atoms with Gasteiger partial charge in [-0.25, -0.2) is 9.97 Å². The lowest BCUT2D eigenvalue weighted by atomic mass is 9.97. The number of piperidine rings is 1. The Morgan fingerprint density at radius 2 is 2.22 bits per heavy atom. The minimum absolute atomic E-state index is 0.0253. The van der Waals surface area contributed by atoms with E-state index in [9.17, 15) is 4.79 Å². The summed E-state index contributed by atoms with van der Waals surface area (Å²) in [6.07, 6.45) is 4.26. The lowest BCUT2D eigenvalue weighted by molar-refractivity contribution is -0.123. The average Bonchev–Trinajstić information content (AvgIpc) is 2.88. The van der Waals surface area contributed by atoms with Crippen molar-refractivity contribution in [1.82, 2.24) is 14.9 Å². The average molecular weight is 367 g/mol. The third kappa shape index (κ3) is 4.03. The van der Waals surface area contributed by atoms with E-state index < -0.39 is 0 Å². The summed E-state index contributed by atoms with van der Waals surface area (Å²) in [4.78, 5) is 22.6. The molecule has 3 heterocycles. The van der Waals surface area contributed by atoms with Gasteiger partial charge in [-0.1, -0.05) is 18.2 Å². The molecule has 0 aliphatic carbocycles. The normalized spacial score (nSPS) is 19.3. The van der Waals surface area contributed by atoms with Gasteiger partial charge in [-0.2, -0.15) is 0 Å². The van der Waals surface area contributed by atoms with Gasteiger partial charge in [0, 0.05) is 31.6 Å². The quantitative estimate of drug-likeness (QED) is 0.833. The fraction of sp³-hybridized carbons (Fsp3) is 0.450. The molecule has 1 amide bonds. The lowest BCUT2D eigenvalue weighted by Gasteiger charge is -2.31. The van der Waals surface area contributed by atoms with Crippen molar-refractivity contribution in [1.29, 1.82) is 0 Å². The molecule has 1 aromatic carbocycles. The molecule has 142 valence electrons. The van der Waals surface area contributed by atoms with E-state index in [4.69, 9.17) is 10.5 Å². The monoisotopic (exact) mass is 367 g/mol. The van der Waals surface area contributed by atoms with Crippen molar-refractivity contribution in [2.45, 2.75) is 25.9 Å². The summed E-state index contributed by atoms with van der Waals surface area (Å²) >= 11 is 0. The predicted octanol–water partition coefficient (Wildman–Crippen LogP) is 1.57. The topological polar surface area (TPSA) is 93.4 Å². The SMILES string of the molecule is NC(=O)C1CCCN(CCNc2ncnc3c2Cc2ccccc2OC3)C1. The number of nitrogens with two attached hydrogens (primary N) is 1. The van der Waals surface area contributed by atoms with Crippen LogP contribution in [0.5, 0.6) is 5.75 Å². The van der Waals surface area contributed by atoms with Crippen LogP contribution in [0.15, 0.2) is 30.6 Å². The summed E-state index contributed by atoms with van der Waals surface area (Å²) in [5.41, 5.74) is 8.64. The maximum absolute atomic E-state index is 11.4. The number of nitrogens with zero attached hydrogens (tertiary/aromatic N) is 3. The fourth-order valence-electron chi connectivity index (χ4n) is 3.86. The van der Waals surface area contributed by atoms with E-state index in [1.54, 1.807) is 6.33 Å². The smallest absolute Gasteiger partial charge is 0.221 e. The number of nitrogens with one attached hydrogen (secondary N) is 1. The maximum atomic E-state index is 11.4. The van der Waals surface area contributed by atoms with E-state index >= 15 is 0 Å². The van der Waals surface area contributed by atoms with Crippen LogP contribution in [0, 0.1) is 5.92 Å². The Morgan fingerprint density at radius 1 is 1.33 bits per heavy atom. The van der Waals surface area contributed by atoms with Crippen molar-refractivity contribution in [2.24, 2.45) is 11.7 Å². The molecule has 2 aliphatic heterocycles. The van der Waals surface area contributed by atoms with Gasteiger partial charge in [0.25, 0.3) is 0 Å². The minimum Gasteiger partial charge on any atom is -0.487 e. The highest BCUT2D eigenvalue weighted by molar-refractivity contribution is 5.76. The number of para-hydroxylation sites is 1. The van der Waals surface area contributed by atoms with Crippen LogP contribution < -0.4 is 15.8 Å². The zero-order valence-electron chi connectivity index (χ0n) is 15.4. The summed E-state index contributed by atoms with van der Waals surface area (Å²) < 4.78 is 5.89. The number of carbonyl (C=O) groups is 1. The Morgan fingerprint density at radius 3 is 3.11 bits per heavy atom. The third-order valence-electron chi connectivity index (χ3n) is 5.37. The number of benzene rings is 1. The zero-order valence-corrected chi connectivity index (χ0v) is 15.4. The van der Waals surface area contributed by atoms with Crippen LogP contribution in [0.2, 0.25) is 0 Å². The number of aromatic nitrogens is 2. The second kappa shape index (κ2) is 7.92. The van der Waals surface area contributed by atoms with Crippen molar-refractivity contribution in [3.8, 4) is 5.75 Å².